The second kappa shape index (κ2) is 10.1. The summed E-state index contributed by atoms with van der Waals surface area (Å²) in [4.78, 5) is 0. The van der Waals surface area contributed by atoms with Gasteiger partial charge in [0.15, 0.2) is 5.37 Å². The van der Waals surface area contributed by atoms with Gasteiger partial charge in [0.05, 0.1) is 5.41 Å². The minimum atomic E-state index is -0.496. The van der Waals surface area contributed by atoms with Gasteiger partial charge in [-0.05, 0) is 51.7 Å². The molecule has 4 N–H and O–H groups in total. The molecule has 1 aliphatic heterocycles. The number of fused-ring (bicyclic) bond motifs is 9. The van der Waals surface area contributed by atoms with Crippen molar-refractivity contribution in [1.29, 1.82) is 5.41 Å². The van der Waals surface area contributed by atoms with Crippen LogP contribution in [0, 0.1) is 5.41 Å². The molecule has 0 aromatic heterocycles. The van der Waals surface area contributed by atoms with Crippen LogP contribution in [0.2, 0.25) is 0 Å². The fourth-order valence-corrected chi connectivity index (χ4v) is 7.72. The van der Waals surface area contributed by atoms with Crippen LogP contribution in [0.1, 0.15) is 38.8 Å². The van der Waals surface area contributed by atoms with Gasteiger partial charge in [-0.1, -0.05) is 133 Å². The van der Waals surface area contributed by atoms with Crippen LogP contribution in [0.5, 0.6) is 11.5 Å². The predicted octanol–water partition coefficient (Wildman–Crippen LogP) is 8.82. The maximum Gasteiger partial charge on any atom is 0.163 e. The van der Waals surface area contributed by atoms with Crippen LogP contribution in [0.25, 0.3) is 22.3 Å². The molecule has 0 bridgehead atoms. The van der Waals surface area contributed by atoms with Gasteiger partial charge in [-0.3, -0.25) is 5.41 Å². The summed E-state index contributed by atoms with van der Waals surface area (Å²) in [5.41, 5.74) is 15.2. The van der Waals surface area contributed by atoms with E-state index in [4.69, 9.17) is 10.1 Å². The molecule has 0 radical (unpaired) electrons. The third-order valence-electron chi connectivity index (χ3n) is 8.74. The van der Waals surface area contributed by atoms with Crippen molar-refractivity contribution in [2.75, 3.05) is 0 Å². The fraction of sp³-hybridized carbons (Fsp3) is 0.0513. The molecule has 1 heterocycles. The molecule has 43 heavy (non-hydrogen) atoms. The quantitative estimate of drug-likeness (QED) is 0.126. The highest BCUT2D eigenvalue weighted by atomic mass is 32.2. The third kappa shape index (κ3) is 3.91. The lowest BCUT2D eigenvalue weighted by molar-refractivity contribution is -0.390. The standard InChI is InChI=1S/C39H28N2OS/c40-37(25-12-2-1-3-13-25)43-38(41)27-15-10-14-26(24-27)28-18-11-22-34-36(28)42-35-23-9-8-21-33(35)39(34)31-19-6-4-16-29(31)30-17-5-7-20-32(30)39/h1-24,37,41H,40H2/p+1. The van der Waals surface area contributed by atoms with Crippen LogP contribution in [0.15, 0.2) is 146 Å². The molecule has 6 aromatic rings. The molecule has 1 spiro atoms. The predicted molar refractivity (Wildman–Crippen MR) is 176 cm³/mol. The van der Waals surface area contributed by atoms with Gasteiger partial charge in [-0.25, -0.2) is 0 Å². The number of thioether (sulfide) groups is 1. The maximum atomic E-state index is 8.94. The second-order valence-electron chi connectivity index (χ2n) is 11.0. The van der Waals surface area contributed by atoms with E-state index >= 15 is 0 Å². The van der Waals surface area contributed by atoms with Gasteiger partial charge in [0.2, 0.25) is 0 Å². The van der Waals surface area contributed by atoms with Gasteiger partial charge in [-0.2, -0.15) is 0 Å². The Morgan fingerprint density at radius 1 is 0.605 bits per heavy atom. The summed E-state index contributed by atoms with van der Waals surface area (Å²) in [5.74, 6) is 1.74. The van der Waals surface area contributed by atoms with E-state index in [1.54, 1.807) is 0 Å². The number of quaternary nitrogens is 1. The van der Waals surface area contributed by atoms with Crippen molar-refractivity contribution < 1.29 is 10.5 Å². The van der Waals surface area contributed by atoms with Crippen molar-refractivity contribution in [2.24, 2.45) is 0 Å². The van der Waals surface area contributed by atoms with E-state index in [2.05, 4.69) is 115 Å². The Morgan fingerprint density at radius 2 is 1.19 bits per heavy atom. The largest absolute Gasteiger partial charge is 0.456 e. The molecule has 6 aromatic carbocycles. The molecule has 0 amide bonds. The monoisotopic (exact) mass is 573 g/mol. The zero-order valence-corrected chi connectivity index (χ0v) is 24.3. The fourth-order valence-electron chi connectivity index (χ4n) is 6.88. The van der Waals surface area contributed by atoms with E-state index in [0.29, 0.717) is 5.04 Å². The average molecular weight is 574 g/mol. The zero-order valence-electron chi connectivity index (χ0n) is 23.5. The number of benzene rings is 6. The first kappa shape index (κ1) is 25.8. The Bertz CT molecular complexity index is 1990. The Kier molecular flexibility index (Phi) is 6.07. The number of rotatable bonds is 4. The number of hydrogen-bond acceptors (Lipinski definition) is 3. The second-order valence-corrected chi connectivity index (χ2v) is 12.3. The molecule has 4 heteroatoms. The van der Waals surface area contributed by atoms with Gasteiger partial charge in [0.1, 0.15) is 16.5 Å². The smallest absolute Gasteiger partial charge is 0.163 e. The highest BCUT2D eigenvalue weighted by molar-refractivity contribution is 8.14. The van der Waals surface area contributed by atoms with Crippen LogP contribution in [0.3, 0.4) is 0 Å². The lowest BCUT2D eigenvalue weighted by Crippen LogP contribution is -2.52. The van der Waals surface area contributed by atoms with Gasteiger partial charge < -0.3 is 10.5 Å². The first-order valence-electron chi connectivity index (χ1n) is 14.5. The van der Waals surface area contributed by atoms with E-state index in [0.717, 1.165) is 44.9 Å². The van der Waals surface area contributed by atoms with E-state index < -0.39 is 5.41 Å². The first-order chi connectivity index (χ1) is 21.2. The Balaban J connectivity index is 1.29. The molecule has 0 saturated heterocycles. The summed E-state index contributed by atoms with van der Waals surface area (Å²) in [7, 11) is 0. The van der Waals surface area contributed by atoms with Crippen molar-refractivity contribution >= 4 is 16.8 Å². The van der Waals surface area contributed by atoms with Gasteiger partial charge >= 0.3 is 0 Å². The van der Waals surface area contributed by atoms with Crippen molar-refractivity contribution in [3.8, 4) is 33.8 Å². The third-order valence-corrected chi connectivity index (χ3v) is 9.77. The molecule has 1 atom stereocenters. The van der Waals surface area contributed by atoms with Gasteiger partial charge in [-0.15, -0.1) is 0 Å². The summed E-state index contributed by atoms with van der Waals surface area (Å²) in [6.45, 7) is 0. The van der Waals surface area contributed by atoms with Crippen LogP contribution >= 0.6 is 11.8 Å². The lowest BCUT2D eigenvalue weighted by atomic mass is 9.65. The van der Waals surface area contributed by atoms with E-state index in [1.165, 1.54) is 34.0 Å². The molecule has 8 rings (SSSR count). The summed E-state index contributed by atoms with van der Waals surface area (Å²) >= 11 is 1.47. The Labute approximate surface area is 255 Å². The van der Waals surface area contributed by atoms with Crippen molar-refractivity contribution in [3.63, 3.8) is 0 Å². The number of para-hydroxylation sites is 2. The van der Waals surface area contributed by atoms with Crippen molar-refractivity contribution in [1.82, 2.24) is 0 Å². The van der Waals surface area contributed by atoms with Crippen LogP contribution in [-0.2, 0) is 5.41 Å². The highest BCUT2D eigenvalue weighted by Crippen LogP contribution is 2.63. The molecular weight excluding hydrogens is 545 g/mol. The van der Waals surface area contributed by atoms with Crippen molar-refractivity contribution in [3.05, 3.63) is 179 Å². The molecule has 0 fully saturated rings. The van der Waals surface area contributed by atoms with E-state index in [9.17, 15) is 0 Å². The molecule has 0 saturated carbocycles. The summed E-state index contributed by atoms with van der Waals surface area (Å²) in [5, 5.41) is 9.37. The van der Waals surface area contributed by atoms with E-state index in [1.807, 2.05) is 36.4 Å². The molecule has 206 valence electrons. The lowest BCUT2D eigenvalue weighted by Gasteiger charge is -2.40. The molecule has 1 unspecified atom stereocenters. The average Bonchev–Trinajstić information content (AvgIpc) is 3.36. The summed E-state index contributed by atoms with van der Waals surface area (Å²) < 4.78 is 6.83. The number of ether oxygens (including phenoxy) is 1. The summed E-state index contributed by atoms with van der Waals surface area (Å²) in [6.07, 6.45) is 0. The number of hydrogen-bond donors (Lipinski definition) is 2. The minimum absolute atomic E-state index is 0.0657. The molecule has 3 nitrogen and oxygen atoms in total. The topological polar surface area (TPSA) is 60.7 Å². The zero-order chi connectivity index (χ0) is 29.0. The van der Waals surface area contributed by atoms with Crippen LogP contribution in [-0.4, -0.2) is 5.04 Å². The Hall–Kier alpha value is -4.90. The normalized spacial score (nSPS) is 14.2. The van der Waals surface area contributed by atoms with Crippen molar-refractivity contribution in [2.45, 2.75) is 10.8 Å². The van der Waals surface area contributed by atoms with Crippen LogP contribution < -0.4 is 10.5 Å². The Morgan fingerprint density at radius 3 is 1.93 bits per heavy atom. The van der Waals surface area contributed by atoms with Crippen LogP contribution in [0.4, 0.5) is 0 Å². The summed E-state index contributed by atoms with van der Waals surface area (Å²) in [6, 6.07) is 51.0. The SMILES string of the molecule is N=C(SC([NH3+])c1ccccc1)c1cccc(-c2cccc3c2Oc2ccccc2C32c3ccccc3-c3ccccc32)c1. The van der Waals surface area contributed by atoms with E-state index in [-0.39, 0.29) is 5.37 Å². The van der Waals surface area contributed by atoms with Gasteiger partial charge in [0.25, 0.3) is 0 Å². The maximum absolute atomic E-state index is 8.94. The number of nitrogens with one attached hydrogen (secondary N) is 1. The highest BCUT2D eigenvalue weighted by Gasteiger charge is 2.51. The molecular formula is C39H29N2OS+. The van der Waals surface area contributed by atoms with Gasteiger partial charge in [0, 0.05) is 27.8 Å². The first-order valence-corrected chi connectivity index (χ1v) is 15.4. The molecule has 2 aliphatic rings. The minimum Gasteiger partial charge on any atom is -0.456 e. The molecule has 1 aliphatic carbocycles.